The van der Waals surface area contributed by atoms with Crippen molar-refractivity contribution in [3.8, 4) is 0 Å². The summed E-state index contributed by atoms with van der Waals surface area (Å²) in [5.41, 5.74) is 5.54. The maximum Gasteiger partial charge on any atom is 0.257 e. The monoisotopic (exact) mass is 279 g/mol. The molecule has 0 aliphatic carbocycles. The fraction of sp³-hybridized carbons (Fsp3) is 0.176. The van der Waals surface area contributed by atoms with Crippen LogP contribution in [0.1, 0.15) is 27.0 Å². The van der Waals surface area contributed by atoms with Gasteiger partial charge in [0.05, 0.1) is 5.56 Å². The molecule has 0 saturated carbocycles. The largest absolute Gasteiger partial charge is 0.345 e. The van der Waals surface area contributed by atoms with E-state index in [0.29, 0.717) is 5.56 Å². The Morgan fingerprint density at radius 1 is 1.19 bits per heavy atom. The predicted octanol–water partition coefficient (Wildman–Crippen LogP) is 3.74. The third kappa shape index (κ3) is 2.40. The van der Waals surface area contributed by atoms with Crippen LogP contribution in [0.5, 0.6) is 0 Å². The molecule has 0 aliphatic heterocycles. The lowest BCUT2D eigenvalue weighted by atomic mass is 10.0. The van der Waals surface area contributed by atoms with Crippen molar-refractivity contribution in [1.82, 2.24) is 9.97 Å². The molecule has 0 bridgehead atoms. The molecule has 0 saturated heterocycles. The zero-order chi connectivity index (χ0) is 15.0. The molecule has 2 N–H and O–H groups in total. The van der Waals surface area contributed by atoms with Crippen LogP contribution in [0.2, 0.25) is 0 Å². The van der Waals surface area contributed by atoms with Crippen molar-refractivity contribution in [3.63, 3.8) is 0 Å². The van der Waals surface area contributed by atoms with Crippen LogP contribution in [-0.2, 0) is 0 Å². The van der Waals surface area contributed by atoms with E-state index in [4.69, 9.17) is 0 Å². The van der Waals surface area contributed by atoms with Gasteiger partial charge >= 0.3 is 0 Å². The number of anilines is 1. The lowest BCUT2D eigenvalue weighted by molar-refractivity contribution is 0.102. The molecular weight excluding hydrogens is 262 g/mol. The summed E-state index contributed by atoms with van der Waals surface area (Å²) < 4.78 is 0. The van der Waals surface area contributed by atoms with Crippen LogP contribution in [0.15, 0.2) is 36.7 Å². The van der Waals surface area contributed by atoms with Gasteiger partial charge in [0.15, 0.2) is 0 Å². The minimum Gasteiger partial charge on any atom is -0.345 e. The highest BCUT2D eigenvalue weighted by atomic mass is 16.1. The number of benzene rings is 1. The fourth-order valence-corrected chi connectivity index (χ4v) is 2.70. The molecule has 1 amide bonds. The predicted molar refractivity (Wildman–Crippen MR) is 84.7 cm³/mol. The molecule has 3 aromatic rings. The summed E-state index contributed by atoms with van der Waals surface area (Å²) in [6.45, 7) is 6.07. The van der Waals surface area contributed by atoms with Gasteiger partial charge in [-0.3, -0.25) is 4.79 Å². The lowest BCUT2D eigenvalue weighted by Gasteiger charge is -2.12. The van der Waals surface area contributed by atoms with Crippen molar-refractivity contribution >= 4 is 22.6 Å². The van der Waals surface area contributed by atoms with E-state index < -0.39 is 0 Å². The topological polar surface area (TPSA) is 57.8 Å². The molecular formula is C17H17N3O. The number of rotatable bonds is 2. The van der Waals surface area contributed by atoms with Crippen molar-refractivity contribution in [2.24, 2.45) is 0 Å². The van der Waals surface area contributed by atoms with Gasteiger partial charge in [0.1, 0.15) is 5.65 Å². The van der Waals surface area contributed by atoms with Crippen molar-refractivity contribution in [2.75, 3.05) is 5.32 Å². The van der Waals surface area contributed by atoms with Gasteiger partial charge in [-0.25, -0.2) is 4.98 Å². The number of aromatic amines is 1. The van der Waals surface area contributed by atoms with E-state index in [1.54, 1.807) is 12.4 Å². The van der Waals surface area contributed by atoms with E-state index in [0.717, 1.165) is 27.8 Å². The second kappa shape index (κ2) is 5.05. The summed E-state index contributed by atoms with van der Waals surface area (Å²) in [7, 11) is 0. The maximum atomic E-state index is 12.5. The number of nitrogens with one attached hydrogen (secondary N) is 2. The molecule has 21 heavy (non-hydrogen) atoms. The van der Waals surface area contributed by atoms with E-state index >= 15 is 0 Å². The van der Waals surface area contributed by atoms with E-state index in [9.17, 15) is 4.79 Å². The van der Waals surface area contributed by atoms with Crippen molar-refractivity contribution in [2.45, 2.75) is 20.8 Å². The van der Waals surface area contributed by atoms with Crippen molar-refractivity contribution in [1.29, 1.82) is 0 Å². The Morgan fingerprint density at radius 2 is 1.90 bits per heavy atom. The number of aromatic nitrogens is 2. The number of amides is 1. The Morgan fingerprint density at radius 3 is 2.62 bits per heavy atom. The number of hydrogen-bond acceptors (Lipinski definition) is 2. The van der Waals surface area contributed by atoms with Crippen LogP contribution in [0.3, 0.4) is 0 Å². The van der Waals surface area contributed by atoms with E-state index in [1.807, 2.05) is 26.0 Å². The standard InChI is InChI=1S/C17H17N3O/c1-10-7-11(2)15(12(3)8-10)20-17(21)14-9-19-16-13(14)5-4-6-18-16/h4-9H,1-3H3,(H,18,19)(H,20,21). The molecule has 4 nitrogen and oxygen atoms in total. The number of nitrogens with zero attached hydrogens (tertiary/aromatic N) is 1. The molecule has 2 aromatic heterocycles. The van der Waals surface area contributed by atoms with E-state index in [2.05, 4.69) is 34.3 Å². The summed E-state index contributed by atoms with van der Waals surface area (Å²) in [5.74, 6) is -0.121. The van der Waals surface area contributed by atoms with Gasteiger partial charge in [-0.2, -0.15) is 0 Å². The average Bonchev–Trinajstić information content (AvgIpc) is 2.86. The summed E-state index contributed by atoms with van der Waals surface area (Å²) in [6.07, 6.45) is 3.40. The summed E-state index contributed by atoms with van der Waals surface area (Å²) in [6, 6.07) is 7.86. The Kier molecular flexibility index (Phi) is 3.22. The Balaban J connectivity index is 1.97. The van der Waals surface area contributed by atoms with Gasteiger partial charge in [-0.05, 0) is 44.0 Å². The first kappa shape index (κ1) is 13.4. The average molecular weight is 279 g/mol. The normalized spacial score (nSPS) is 10.8. The smallest absolute Gasteiger partial charge is 0.257 e. The summed E-state index contributed by atoms with van der Waals surface area (Å²) in [4.78, 5) is 19.7. The molecule has 0 unspecified atom stereocenters. The van der Waals surface area contributed by atoms with Gasteiger partial charge in [0.25, 0.3) is 5.91 Å². The van der Waals surface area contributed by atoms with Crippen LogP contribution in [0, 0.1) is 20.8 Å². The number of pyridine rings is 1. The minimum absolute atomic E-state index is 0.121. The second-order valence-electron chi connectivity index (χ2n) is 5.33. The third-order valence-corrected chi connectivity index (χ3v) is 3.61. The molecule has 106 valence electrons. The van der Waals surface area contributed by atoms with E-state index in [-0.39, 0.29) is 5.91 Å². The van der Waals surface area contributed by atoms with Crippen LogP contribution < -0.4 is 5.32 Å². The second-order valence-corrected chi connectivity index (χ2v) is 5.33. The van der Waals surface area contributed by atoms with Gasteiger partial charge < -0.3 is 10.3 Å². The summed E-state index contributed by atoms with van der Waals surface area (Å²) >= 11 is 0. The van der Waals surface area contributed by atoms with Gasteiger partial charge in [0.2, 0.25) is 0 Å². The van der Waals surface area contributed by atoms with Crippen LogP contribution in [-0.4, -0.2) is 15.9 Å². The first-order valence-electron chi connectivity index (χ1n) is 6.87. The number of H-pyrrole nitrogens is 1. The fourth-order valence-electron chi connectivity index (χ4n) is 2.70. The zero-order valence-corrected chi connectivity index (χ0v) is 12.3. The Labute approximate surface area is 123 Å². The zero-order valence-electron chi connectivity index (χ0n) is 12.3. The van der Waals surface area contributed by atoms with E-state index in [1.165, 1.54) is 5.56 Å². The van der Waals surface area contributed by atoms with Crippen LogP contribution in [0.4, 0.5) is 5.69 Å². The third-order valence-electron chi connectivity index (χ3n) is 3.61. The van der Waals surface area contributed by atoms with Crippen molar-refractivity contribution in [3.05, 3.63) is 58.9 Å². The number of hydrogen-bond donors (Lipinski definition) is 2. The van der Waals surface area contributed by atoms with Crippen LogP contribution >= 0.6 is 0 Å². The van der Waals surface area contributed by atoms with Crippen LogP contribution in [0.25, 0.3) is 11.0 Å². The highest BCUT2D eigenvalue weighted by molar-refractivity contribution is 6.12. The highest BCUT2D eigenvalue weighted by Gasteiger charge is 2.14. The number of carbonyl (C=O) groups is 1. The molecule has 0 spiro atoms. The first-order chi connectivity index (χ1) is 10.1. The minimum atomic E-state index is -0.121. The van der Waals surface area contributed by atoms with Gasteiger partial charge in [-0.15, -0.1) is 0 Å². The quantitative estimate of drug-likeness (QED) is 0.750. The molecule has 4 heteroatoms. The van der Waals surface area contributed by atoms with Crippen molar-refractivity contribution < 1.29 is 4.79 Å². The number of aryl methyl sites for hydroxylation is 3. The first-order valence-corrected chi connectivity index (χ1v) is 6.87. The SMILES string of the molecule is Cc1cc(C)c(NC(=O)c2c[nH]c3ncccc23)c(C)c1. The number of carbonyl (C=O) groups excluding carboxylic acids is 1. The van der Waals surface area contributed by atoms with Gasteiger partial charge in [-0.1, -0.05) is 17.7 Å². The highest BCUT2D eigenvalue weighted by Crippen LogP contribution is 2.24. The molecule has 0 aliphatic rings. The Hall–Kier alpha value is -2.62. The molecule has 1 aromatic carbocycles. The molecule has 0 atom stereocenters. The lowest BCUT2D eigenvalue weighted by Crippen LogP contribution is -2.13. The maximum absolute atomic E-state index is 12.5. The molecule has 2 heterocycles. The molecule has 0 fully saturated rings. The van der Waals surface area contributed by atoms with Gasteiger partial charge in [0, 0.05) is 23.5 Å². The summed E-state index contributed by atoms with van der Waals surface area (Å²) in [5, 5.41) is 3.84. The molecule has 3 rings (SSSR count). The number of fused-ring (bicyclic) bond motifs is 1. The molecule has 0 radical (unpaired) electrons. The Bertz CT molecular complexity index is 810.